The van der Waals surface area contributed by atoms with Crippen LogP contribution in [-0.4, -0.2) is 45.0 Å². The van der Waals surface area contributed by atoms with Crippen LogP contribution in [0.25, 0.3) is 0 Å². The highest BCUT2D eigenvalue weighted by Gasteiger charge is 2.30. The van der Waals surface area contributed by atoms with E-state index in [1.165, 1.54) is 0 Å². The van der Waals surface area contributed by atoms with Crippen molar-refractivity contribution < 1.29 is 9.53 Å². The van der Waals surface area contributed by atoms with Gasteiger partial charge in [-0.3, -0.25) is 4.68 Å². The van der Waals surface area contributed by atoms with Crippen LogP contribution in [0.2, 0.25) is 0 Å². The van der Waals surface area contributed by atoms with Gasteiger partial charge in [0.15, 0.2) is 0 Å². The van der Waals surface area contributed by atoms with Crippen LogP contribution in [0, 0.1) is 13.8 Å². The lowest BCUT2D eigenvalue weighted by atomic mass is 10.1. The maximum atomic E-state index is 12.4. The number of anilines is 1. The van der Waals surface area contributed by atoms with E-state index < -0.39 is 5.60 Å². The van der Waals surface area contributed by atoms with E-state index in [-0.39, 0.29) is 11.6 Å². The Morgan fingerprint density at radius 2 is 1.78 bits per heavy atom. The number of hydrogen-bond acceptors (Lipinski definition) is 4. The Kier molecular flexibility index (Phi) is 5.72. The number of nitrogens with one attached hydrogen (secondary N) is 1. The van der Waals surface area contributed by atoms with Crippen molar-refractivity contribution in [3.8, 4) is 0 Å². The summed E-state index contributed by atoms with van der Waals surface area (Å²) < 4.78 is 7.38. The quantitative estimate of drug-likeness (QED) is 0.921. The summed E-state index contributed by atoms with van der Waals surface area (Å²) in [7, 11) is 1.93. The van der Waals surface area contributed by atoms with Gasteiger partial charge in [0.05, 0.1) is 17.1 Å². The second-order valence-electron chi connectivity index (χ2n) is 7.90. The largest absolute Gasteiger partial charge is 0.444 e. The monoisotopic (exact) mass is 324 g/mol. The number of aromatic nitrogens is 2. The zero-order valence-electron chi connectivity index (χ0n) is 16.1. The van der Waals surface area contributed by atoms with E-state index in [9.17, 15) is 4.79 Å². The van der Waals surface area contributed by atoms with Gasteiger partial charge in [-0.05, 0) is 55.4 Å². The predicted molar refractivity (Wildman–Crippen MR) is 93.9 cm³/mol. The smallest absolute Gasteiger partial charge is 0.410 e. The molecule has 0 aliphatic heterocycles. The minimum atomic E-state index is -0.495. The van der Waals surface area contributed by atoms with Gasteiger partial charge in [-0.25, -0.2) is 4.79 Å². The van der Waals surface area contributed by atoms with Gasteiger partial charge < -0.3 is 15.0 Å². The summed E-state index contributed by atoms with van der Waals surface area (Å²) >= 11 is 0. The van der Waals surface area contributed by atoms with E-state index in [0.29, 0.717) is 13.1 Å². The number of amides is 1. The number of carbonyl (C=O) groups is 1. The molecule has 6 heteroatoms. The second kappa shape index (κ2) is 6.81. The van der Waals surface area contributed by atoms with E-state index >= 15 is 0 Å². The van der Waals surface area contributed by atoms with Gasteiger partial charge >= 0.3 is 6.09 Å². The number of carbonyl (C=O) groups excluding carboxylic acids is 1. The lowest BCUT2D eigenvalue weighted by Gasteiger charge is -2.37. The molecule has 0 bridgehead atoms. The molecule has 132 valence electrons. The fraction of sp³-hybridized carbons (Fsp3) is 0.765. The summed E-state index contributed by atoms with van der Waals surface area (Å²) in [6.07, 6.45) is -0.286. The molecule has 1 aromatic rings. The Morgan fingerprint density at radius 1 is 1.22 bits per heavy atom. The van der Waals surface area contributed by atoms with Gasteiger partial charge in [-0.1, -0.05) is 0 Å². The molecule has 0 atom stereocenters. The first-order valence-corrected chi connectivity index (χ1v) is 8.07. The summed E-state index contributed by atoms with van der Waals surface area (Å²) in [5.41, 5.74) is 2.28. The van der Waals surface area contributed by atoms with Crippen molar-refractivity contribution in [1.82, 2.24) is 14.7 Å². The van der Waals surface area contributed by atoms with Crippen molar-refractivity contribution in [2.24, 2.45) is 7.05 Å². The van der Waals surface area contributed by atoms with E-state index in [1.54, 1.807) is 4.90 Å². The van der Waals surface area contributed by atoms with Crippen molar-refractivity contribution in [1.29, 1.82) is 0 Å². The first kappa shape index (κ1) is 19.3. The number of ether oxygens (including phenoxy) is 1. The third-order valence-electron chi connectivity index (χ3n) is 3.57. The Labute approximate surface area is 140 Å². The lowest BCUT2D eigenvalue weighted by Crippen LogP contribution is -2.49. The fourth-order valence-corrected chi connectivity index (χ4v) is 2.34. The van der Waals surface area contributed by atoms with Gasteiger partial charge in [0.1, 0.15) is 5.60 Å². The topological polar surface area (TPSA) is 59.4 Å². The van der Waals surface area contributed by atoms with Crippen molar-refractivity contribution in [2.75, 3.05) is 18.4 Å². The Balaban J connectivity index is 2.74. The Bertz CT molecular complexity index is 550. The first-order chi connectivity index (χ1) is 10.3. The molecule has 1 heterocycles. The highest BCUT2D eigenvalue weighted by Crippen LogP contribution is 2.20. The summed E-state index contributed by atoms with van der Waals surface area (Å²) in [5, 5.41) is 7.78. The van der Waals surface area contributed by atoms with Crippen molar-refractivity contribution in [3.05, 3.63) is 11.4 Å². The molecule has 1 rings (SSSR count). The zero-order valence-corrected chi connectivity index (χ0v) is 16.1. The van der Waals surface area contributed by atoms with Crippen LogP contribution in [0.3, 0.4) is 0 Å². The summed E-state index contributed by atoms with van der Waals surface area (Å²) in [4.78, 5) is 14.2. The van der Waals surface area contributed by atoms with Gasteiger partial charge in [0, 0.05) is 25.7 Å². The van der Waals surface area contributed by atoms with Crippen molar-refractivity contribution in [3.63, 3.8) is 0 Å². The zero-order chi connectivity index (χ0) is 18.0. The van der Waals surface area contributed by atoms with Crippen LogP contribution >= 0.6 is 0 Å². The van der Waals surface area contributed by atoms with Crippen LogP contribution in [0.1, 0.15) is 52.9 Å². The maximum absolute atomic E-state index is 12.4. The van der Waals surface area contributed by atoms with E-state index in [2.05, 4.69) is 10.4 Å². The lowest BCUT2D eigenvalue weighted by molar-refractivity contribution is 0.00749. The van der Waals surface area contributed by atoms with Crippen molar-refractivity contribution >= 4 is 11.8 Å². The molecule has 23 heavy (non-hydrogen) atoms. The van der Waals surface area contributed by atoms with Crippen LogP contribution < -0.4 is 5.32 Å². The molecule has 0 unspecified atom stereocenters. The fourth-order valence-electron chi connectivity index (χ4n) is 2.34. The SMILES string of the molecule is Cc1nn(C)c(C)c1NCCN(C(=O)OC(C)(C)C)C(C)(C)C. The van der Waals surface area contributed by atoms with Crippen LogP contribution in [-0.2, 0) is 11.8 Å². The molecule has 0 aromatic carbocycles. The van der Waals surface area contributed by atoms with Crippen LogP contribution in [0.4, 0.5) is 10.5 Å². The van der Waals surface area contributed by atoms with Gasteiger partial charge in [-0.2, -0.15) is 5.10 Å². The Morgan fingerprint density at radius 3 is 2.17 bits per heavy atom. The molecule has 0 fully saturated rings. The molecule has 0 aliphatic carbocycles. The molecular formula is C17H32N4O2. The third-order valence-corrected chi connectivity index (χ3v) is 3.57. The summed E-state index contributed by atoms with van der Waals surface area (Å²) in [5.74, 6) is 0. The van der Waals surface area contributed by atoms with Gasteiger partial charge in [0.2, 0.25) is 0 Å². The standard InChI is InChI=1S/C17H32N4O2/c1-12-14(13(2)20(9)19-12)18-10-11-21(16(3,4)5)15(22)23-17(6,7)8/h18H,10-11H2,1-9H3. The van der Waals surface area contributed by atoms with E-state index in [0.717, 1.165) is 17.1 Å². The molecule has 6 nitrogen and oxygen atoms in total. The average molecular weight is 324 g/mol. The molecule has 0 aliphatic rings. The normalized spacial score (nSPS) is 12.2. The summed E-state index contributed by atoms with van der Waals surface area (Å²) in [6.45, 7) is 16.9. The minimum absolute atomic E-state index is 0.286. The highest BCUT2D eigenvalue weighted by molar-refractivity contribution is 5.69. The van der Waals surface area contributed by atoms with Crippen LogP contribution in [0.15, 0.2) is 0 Å². The molecule has 0 saturated carbocycles. The van der Waals surface area contributed by atoms with Gasteiger partial charge in [0.25, 0.3) is 0 Å². The molecular weight excluding hydrogens is 292 g/mol. The van der Waals surface area contributed by atoms with E-state index in [1.807, 2.05) is 67.1 Å². The summed E-state index contributed by atoms with van der Waals surface area (Å²) in [6, 6.07) is 0. The third kappa shape index (κ3) is 5.44. The highest BCUT2D eigenvalue weighted by atomic mass is 16.6. The minimum Gasteiger partial charge on any atom is -0.444 e. The molecule has 1 aromatic heterocycles. The van der Waals surface area contributed by atoms with Gasteiger partial charge in [-0.15, -0.1) is 0 Å². The van der Waals surface area contributed by atoms with E-state index in [4.69, 9.17) is 4.74 Å². The second-order valence-corrected chi connectivity index (χ2v) is 7.90. The maximum Gasteiger partial charge on any atom is 0.410 e. The molecule has 0 spiro atoms. The van der Waals surface area contributed by atoms with Crippen molar-refractivity contribution in [2.45, 2.75) is 66.5 Å². The molecule has 1 N–H and O–H groups in total. The Hall–Kier alpha value is -1.72. The first-order valence-electron chi connectivity index (χ1n) is 8.07. The number of aryl methyl sites for hydroxylation is 2. The van der Waals surface area contributed by atoms with Crippen LogP contribution in [0.5, 0.6) is 0 Å². The molecule has 0 saturated heterocycles. The number of rotatable bonds is 4. The molecule has 1 amide bonds. The average Bonchev–Trinajstić information content (AvgIpc) is 2.56. The number of nitrogens with zero attached hydrogens (tertiary/aromatic N) is 3. The number of hydrogen-bond donors (Lipinski definition) is 1. The molecule has 0 radical (unpaired) electrons. The predicted octanol–water partition coefficient (Wildman–Crippen LogP) is 3.48.